The zero-order chi connectivity index (χ0) is 20.4. The van der Waals surface area contributed by atoms with Crippen LogP contribution in [-0.2, 0) is 23.1 Å². The van der Waals surface area contributed by atoms with Gasteiger partial charge in [0.15, 0.2) is 11.3 Å². The van der Waals surface area contributed by atoms with Crippen LogP contribution in [0.1, 0.15) is 11.1 Å². The van der Waals surface area contributed by atoms with Crippen LogP contribution in [-0.4, -0.2) is 13.0 Å². The van der Waals surface area contributed by atoms with E-state index >= 15 is 0 Å². The van der Waals surface area contributed by atoms with E-state index in [4.69, 9.17) is 8.60 Å². The average molecular weight is 409 g/mol. The van der Waals surface area contributed by atoms with E-state index in [9.17, 15) is 13.2 Å². The number of hydrogen-bond donors (Lipinski definition) is 0. The Morgan fingerprint density at radius 1 is 0.931 bits per heavy atom. The molecule has 0 aliphatic rings. The van der Waals surface area contributed by atoms with Gasteiger partial charge in [-0.3, -0.25) is 4.57 Å². The summed E-state index contributed by atoms with van der Waals surface area (Å²) in [5, 5.41) is 0. The zero-order valence-electron chi connectivity index (χ0n) is 15.7. The SMILES string of the molecule is Cc1ccccc1S(=O)(=O)Oc1cccc2oc(=O)n(CCc3ccccc3)c12. The van der Waals surface area contributed by atoms with Crippen LogP contribution in [0.3, 0.4) is 0 Å². The third-order valence-electron chi connectivity index (χ3n) is 4.68. The van der Waals surface area contributed by atoms with Crippen molar-refractivity contribution in [3.8, 4) is 5.75 Å². The van der Waals surface area contributed by atoms with Crippen LogP contribution >= 0.6 is 0 Å². The van der Waals surface area contributed by atoms with Crippen molar-refractivity contribution >= 4 is 21.2 Å². The van der Waals surface area contributed by atoms with Crippen molar-refractivity contribution in [2.75, 3.05) is 0 Å². The summed E-state index contributed by atoms with van der Waals surface area (Å²) >= 11 is 0. The fourth-order valence-electron chi connectivity index (χ4n) is 3.25. The Morgan fingerprint density at radius 2 is 1.66 bits per heavy atom. The first kappa shape index (κ1) is 19.0. The Labute approximate surface area is 168 Å². The van der Waals surface area contributed by atoms with Gasteiger partial charge in [0.05, 0.1) is 0 Å². The van der Waals surface area contributed by atoms with E-state index in [0.717, 1.165) is 5.56 Å². The van der Waals surface area contributed by atoms with Gasteiger partial charge in [-0.25, -0.2) is 4.79 Å². The van der Waals surface area contributed by atoms with Crippen LogP contribution in [0.4, 0.5) is 0 Å². The van der Waals surface area contributed by atoms with Crippen LogP contribution in [0, 0.1) is 6.92 Å². The Kier molecular flexibility index (Phi) is 4.98. The van der Waals surface area contributed by atoms with Gasteiger partial charge >= 0.3 is 15.9 Å². The molecule has 7 heteroatoms. The van der Waals surface area contributed by atoms with Gasteiger partial charge in [0.1, 0.15) is 10.4 Å². The minimum absolute atomic E-state index is 0.0599. The largest absolute Gasteiger partial charge is 0.420 e. The second-order valence-corrected chi connectivity index (χ2v) is 8.18. The lowest BCUT2D eigenvalue weighted by Gasteiger charge is -2.11. The van der Waals surface area contributed by atoms with Gasteiger partial charge in [0, 0.05) is 6.54 Å². The Balaban J connectivity index is 1.74. The highest BCUT2D eigenvalue weighted by Crippen LogP contribution is 2.29. The molecule has 0 spiro atoms. The summed E-state index contributed by atoms with van der Waals surface area (Å²) in [6.45, 7) is 2.03. The normalized spacial score (nSPS) is 11.6. The molecule has 0 aliphatic heterocycles. The molecule has 3 aromatic carbocycles. The molecule has 0 atom stereocenters. The average Bonchev–Trinajstić information content (AvgIpc) is 3.03. The summed E-state index contributed by atoms with van der Waals surface area (Å²) in [6.07, 6.45) is 0.592. The molecule has 0 amide bonds. The minimum atomic E-state index is -4.07. The Bertz CT molecular complexity index is 1320. The highest BCUT2D eigenvalue weighted by Gasteiger charge is 2.22. The van der Waals surface area contributed by atoms with Crippen molar-refractivity contribution in [2.24, 2.45) is 0 Å². The maximum atomic E-state index is 12.8. The molecule has 1 heterocycles. The van der Waals surface area contributed by atoms with E-state index < -0.39 is 15.9 Å². The molecule has 4 rings (SSSR count). The van der Waals surface area contributed by atoms with E-state index in [1.807, 2.05) is 30.3 Å². The molecule has 4 aromatic rings. The van der Waals surface area contributed by atoms with Gasteiger partial charge in [-0.05, 0) is 42.7 Å². The molecule has 29 heavy (non-hydrogen) atoms. The molecular weight excluding hydrogens is 390 g/mol. The van der Waals surface area contributed by atoms with Gasteiger partial charge in [0.25, 0.3) is 0 Å². The van der Waals surface area contributed by atoms with Gasteiger partial charge in [0.2, 0.25) is 0 Å². The van der Waals surface area contributed by atoms with Gasteiger partial charge in [-0.2, -0.15) is 8.42 Å². The number of rotatable bonds is 6. The molecular formula is C22H19NO5S. The number of benzene rings is 3. The Hall–Kier alpha value is -3.32. The van der Waals surface area contributed by atoms with Crippen molar-refractivity contribution in [1.29, 1.82) is 0 Å². The number of oxazole rings is 1. The van der Waals surface area contributed by atoms with Crippen LogP contribution in [0.25, 0.3) is 11.1 Å². The lowest BCUT2D eigenvalue weighted by molar-refractivity contribution is 0.484. The summed E-state index contributed by atoms with van der Waals surface area (Å²) in [7, 11) is -4.07. The molecule has 0 N–H and O–H groups in total. The fraction of sp³-hybridized carbons (Fsp3) is 0.136. The predicted molar refractivity (Wildman–Crippen MR) is 110 cm³/mol. The van der Waals surface area contributed by atoms with Crippen LogP contribution < -0.4 is 9.94 Å². The van der Waals surface area contributed by atoms with Crippen molar-refractivity contribution in [1.82, 2.24) is 4.57 Å². The van der Waals surface area contributed by atoms with Crippen molar-refractivity contribution < 1.29 is 17.0 Å². The van der Waals surface area contributed by atoms with Crippen molar-refractivity contribution in [3.63, 3.8) is 0 Å². The first-order chi connectivity index (χ1) is 14.0. The highest BCUT2D eigenvalue weighted by molar-refractivity contribution is 7.87. The quantitative estimate of drug-likeness (QED) is 0.451. The number of hydrogen-bond acceptors (Lipinski definition) is 5. The molecule has 0 unspecified atom stereocenters. The third kappa shape index (κ3) is 3.82. The Morgan fingerprint density at radius 3 is 2.41 bits per heavy atom. The van der Waals surface area contributed by atoms with E-state index in [2.05, 4.69) is 0 Å². The summed E-state index contributed by atoms with van der Waals surface area (Å²) in [5.74, 6) is -0.495. The predicted octanol–water partition coefficient (Wildman–Crippen LogP) is 3.91. The molecule has 1 aromatic heterocycles. The summed E-state index contributed by atoms with van der Waals surface area (Å²) < 4.78 is 37.8. The fourth-order valence-corrected chi connectivity index (χ4v) is 4.42. The van der Waals surface area contributed by atoms with E-state index in [1.165, 1.54) is 16.7 Å². The van der Waals surface area contributed by atoms with Gasteiger partial charge in [-0.1, -0.05) is 54.6 Å². The third-order valence-corrected chi connectivity index (χ3v) is 6.07. The highest BCUT2D eigenvalue weighted by atomic mass is 32.2. The molecule has 148 valence electrons. The lowest BCUT2D eigenvalue weighted by atomic mass is 10.1. The molecule has 0 saturated carbocycles. The maximum absolute atomic E-state index is 12.8. The van der Waals surface area contributed by atoms with Crippen LogP contribution in [0.2, 0.25) is 0 Å². The maximum Gasteiger partial charge on any atom is 0.420 e. The molecule has 0 radical (unpaired) electrons. The number of aromatic nitrogens is 1. The molecule has 0 bridgehead atoms. The number of para-hydroxylation sites is 1. The first-order valence-electron chi connectivity index (χ1n) is 9.12. The molecule has 0 aliphatic carbocycles. The first-order valence-corrected chi connectivity index (χ1v) is 10.5. The van der Waals surface area contributed by atoms with Gasteiger partial charge < -0.3 is 8.60 Å². The monoisotopic (exact) mass is 409 g/mol. The number of aryl methyl sites for hydroxylation is 3. The van der Waals surface area contributed by atoms with Crippen molar-refractivity contribution in [3.05, 3.63) is 94.5 Å². The number of fused-ring (bicyclic) bond motifs is 1. The van der Waals surface area contributed by atoms with Crippen LogP contribution in [0.15, 0.2) is 86.9 Å². The number of nitrogens with zero attached hydrogens (tertiary/aromatic N) is 1. The second kappa shape index (κ2) is 7.60. The van der Waals surface area contributed by atoms with Gasteiger partial charge in [-0.15, -0.1) is 0 Å². The topological polar surface area (TPSA) is 78.5 Å². The minimum Gasteiger partial charge on any atom is -0.408 e. The summed E-state index contributed by atoms with van der Waals surface area (Å²) in [6, 6.07) is 21.0. The van der Waals surface area contributed by atoms with E-state index in [0.29, 0.717) is 24.0 Å². The molecule has 0 saturated heterocycles. The smallest absolute Gasteiger partial charge is 0.408 e. The summed E-state index contributed by atoms with van der Waals surface area (Å²) in [4.78, 5) is 12.5. The zero-order valence-corrected chi connectivity index (χ0v) is 16.6. The van der Waals surface area contributed by atoms with E-state index in [-0.39, 0.29) is 16.2 Å². The standard InChI is InChI=1S/C22H19NO5S/c1-16-8-5-6-13-20(16)29(25,26)28-19-12-7-11-18-21(19)23(22(24)27-18)15-14-17-9-3-2-4-10-17/h2-13H,14-15H2,1H3. The summed E-state index contributed by atoms with van der Waals surface area (Å²) in [5.41, 5.74) is 2.24. The van der Waals surface area contributed by atoms with Crippen molar-refractivity contribution in [2.45, 2.75) is 24.8 Å². The van der Waals surface area contributed by atoms with E-state index in [1.54, 1.807) is 37.3 Å². The lowest BCUT2D eigenvalue weighted by Crippen LogP contribution is -2.17. The van der Waals surface area contributed by atoms with Crippen LogP contribution in [0.5, 0.6) is 5.75 Å². The molecule has 0 fully saturated rings. The second-order valence-electron chi connectivity index (χ2n) is 6.66. The molecule has 6 nitrogen and oxygen atoms in total.